The smallest absolute Gasteiger partial charge is 0.191 e. The lowest BCUT2D eigenvalue weighted by Gasteiger charge is -2.16. The Hall–Kier alpha value is -2.44. The highest BCUT2D eigenvalue weighted by molar-refractivity contribution is 5.79. The van der Waals surface area contributed by atoms with Crippen molar-refractivity contribution >= 4 is 5.96 Å². The third kappa shape index (κ3) is 4.35. The third-order valence-electron chi connectivity index (χ3n) is 4.35. The third-order valence-corrected chi connectivity index (χ3v) is 4.35. The van der Waals surface area contributed by atoms with E-state index in [1.807, 2.05) is 13.0 Å². The van der Waals surface area contributed by atoms with E-state index in [0.717, 1.165) is 36.7 Å². The van der Waals surface area contributed by atoms with Crippen molar-refractivity contribution in [3.63, 3.8) is 0 Å². The van der Waals surface area contributed by atoms with Crippen molar-refractivity contribution in [1.29, 1.82) is 0 Å². The largest absolute Gasteiger partial charge is 0.357 e. The second-order valence-corrected chi connectivity index (χ2v) is 6.27. The van der Waals surface area contributed by atoms with Gasteiger partial charge in [0.05, 0.1) is 13.1 Å². The number of aliphatic imine (C=N–C) groups is 1. The molecule has 0 aliphatic carbocycles. The number of nitrogens with one attached hydrogen (secondary N) is 2. The molecule has 3 rings (SSSR count). The monoisotopic (exact) mass is 344 g/mol. The Morgan fingerprint density at radius 1 is 1.28 bits per heavy atom. The van der Waals surface area contributed by atoms with E-state index in [-0.39, 0.29) is 5.82 Å². The van der Waals surface area contributed by atoms with Crippen LogP contribution in [0.15, 0.2) is 23.2 Å². The standard InChI is InChI=1S/C18H25FN6/c1-3-20-18(21-11-14-8-7-13(2)15(19)10-14)22-12-17-24-23-16-6-4-5-9-25(16)17/h7-8,10H,3-6,9,11-12H2,1-2H3,(H2,20,21,22). The van der Waals surface area contributed by atoms with Gasteiger partial charge in [-0.25, -0.2) is 9.38 Å². The molecular formula is C18H25FN6. The molecule has 0 saturated heterocycles. The van der Waals surface area contributed by atoms with Crippen LogP contribution in [0.5, 0.6) is 0 Å². The van der Waals surface area contributed by atoms with E-state index in [0.29, 0.717) is 24.6 Å². The summed E-state index contributed by atoms with van der Waals surface area (Å²) in [5, 5.41) is 15.1. The maximum Gasteiger partial charge on any atom is 0.191 e. The fourth-order valence-electron chi connectivity index (χ4n) is 2.91. The average Bonchev–Trinajstić information content (AvgIpc) is 3.03. The molecule has 0 amide bonds. The van der Waals surface area contributed by atoms with Gasteiger partial charge in [-0.2, -0.15) is 0 Å². The highest BCUT2D eigenvalue weighted by Gasteiger charge is 2.15. The number of hydrogen-bond acceptors (Lipinski definition) is 3. The number of aromatic nitrogens is 3. The van der Waals surface area contributed by atoms with Crippen molar-refractivity contribution in [1.82, 2.24) is 25.4 Å². The topological polar surface area (TPSA) is 67.1 Å². The normalized spacial score (nSPS) is 14.3. The van der Waals surface area contributed by atoms with Gasteiger partial charge in [0.25, 0.3) is 0 Å². The molecule has 1 aromatic heterocycles. The van der Waals surface area contributed by atoms with E-state index in [1.54, 1.807) is 13.0 Å². The minimum Gasteiger partial charge on any atom is -0.357 e. The molecule has 134 valence electrons. The van der Waals surface area contributed by atoms with Crippen LogP contribution in [0.4, 0.5) is 4.39 Å². The van der Waals surface area contributed by atoms with Crippen molar-refractivity contribution in [3.05, 3.63) is 46.8 Å². The molecule has 0 saturated carbocycles. The van der Waals surface area contributed by atoms with Gasteiger partial charge in [0, 0.05) is 19.5 Å². The van der Waals surface area contributed by atoms with Gasteiger partial charge in [0.15, 0.2) is 11.8 Å². The molecule has 0 spiro atoms. The number of fused-ring (bicyclic) bond motifs is 1. The van der Waals surface area contributed by atoms with Crippen LogP contribution in [0.1, 0.15) is 42.5 Å². The Bertz CT molecular complexity index is 752. The molecule has 0 fully saturated rings. The number of aryl methyl sites for hydroxylation is 2. The van der Waals surface area contributed by atoms with E-state index in [4.69, 9.17) is 0 Å². The van der Waals surface area contributed by atoms with Gasteiger partial charge in [-0.1, -0.05) is 12.1 Å². The molecule has 0 radical (unpaired) electrons. The lowest BCUT2D eigenvalue weighted by molar-refractivity contribution is 0.504. The lowest BCUT2D eigenvalue weighted by Crippen LogP contribution is -2.37. The number of rotatable bonds is 5. The van der Waals surface area contributed by atoms with Crippen LogP contribution in [0.3, 0.4) is 0 Å². The molecule has 1 aliphatic heterocycles. The Morgan fingerprint density at radius 2 is 2.16 bits per heavy atom. The molecule has 1 aliphatic rings. The van der Waals surface area contributed by atoms with Crippen molar-refractivity contribution < 1.29 is 4.39 Å². The lowest BCUT2D eigenvalue weighted by atomic mass is 10.1. The maximum absolute atomic E-state index is 13.6. The fourth-order valence-corrected chi connectivity index (χ4v) is 2.91. The molecule has 1 aromatic carbocycles. The van der Waals surface area contributed by atoms with Crippen LogP contribution in [-0.2, 0) is 26.1 Å². The maximum atomic E-state index is 13.6. The molecular weight excluding hydrogens is 319 g/mol. The van der Waals surface area contributed by atoms with E-state index in [9.17, 15) is 4.39 Å². The molecule has 2 N–H and O–H groups in total. The molecule has 6 nitrogen and oxygen atoms in total. The van der Waals surface area contributed by atoms with E-state index < -0.39 is 0 Å². The predicted molar refractivity (Wildman–Crippen MR) is 95.8 cm³/mol. The van der Waals surface area contributed by atoms with Gasteiger partial charge >= 0.3 is 0 Å². The van der Waals surface area contributed by atoms with E-state index in [1.165, 1.54) is 18.9 Å². The van der Waals surface area contributed by atoms with Gasteiger partial charge in [0.1, 0.15) is 11.6 Å². The molecule has 2 heterocycles. The molecule has 25 heavy (non-hydrogen) atoms. The minimum absolute atomic E-state index is 0.194. The fraction of sp³-hybridized carbons (Fsp3) is 0.500. The first-order valence-corrected chi connectivity index (χ1v) is 8.85. The zero-order valence-electron chi connectivity index (χ0n) is 14.8. The molecule has 0 bridgehead atoms. The van der Waals surface area contributed by atoms with Crippen LogP contribution in [0, 0.1) is 12.7 Å². The highest BCUT2D eigenvalue weighted by atomic mass is 19.1. The second-order valence-electron chi connectivity index (χ2n) is 6.27. The van der Waals surface area contributed by atoms with Gasteiger partial charge in [0.2, 0.25) is 0 Å². The van der Waals surface area contributed by atoms with Crippen LogP contribution < -0.4 is 10.6 Å². The zero-order chi connectivity index (χ0) is 17.6. The highest BCUT2D eigenvalue weighted by Crippen LogP contribution is 2.14. The summed E-state index contributed by atoms with van der Waals surface area (Å²) in [6.45, 7) is 6.50. The Kier molecular flexibility index (Phi) is 5.63. The Balaban J connectivity index is 1.64. The number of halogens is 1. The Morgan fingerprint density at radius 3 is 2.96 bits per heavy atom. The zero-order valence-corrected chi connectivity index (χ0v) is 14.8. The van der Waals surface area contributed by atoms with Crippen LogP contribution in [-0.4, -0.2) is 27.3 Å². The number of hydrogen-bond donors (Lipinski definition) is 2. The summed E-state index contributed by atoms with van der Waals surface area (Å²) in [5.74, 6) is 2.50. The number of guanidine groups is 1. The summed E-state index contributed by atoms with van der Waals surface area (Å²) < 4.78 is 15.8. The van der Waals surface area contributed by atoms with Crippen molar-refractivity contribution in [2.45, 2.75) is 52.7 Å². The molecule has 0 atom stereocenters. The quantitative estimate of drug-likeness (QED) is 0.645. The predicted octanol–water partition coefficient (Wildman–Crippen LogP) is 2.32. The van der Waals surface area contributed by atoms with Gasteiger partial charge in [-0.15, -0.1) is 10.2 Å². The Labute approximate surface area is 147 Å². The van der Waals surface area contributed by atoms with Crippen LogP contribution >= 0.6 is 0 Å². The number of benzene rings is 1. The SMILES string of the molecule is CCNC(=NCc1ccc(C)c(F)c1)NCc1nnc2n1CCCC2. The van der Waals surface area contributed by atoms with Crippen molar-refractivity contribution in [2.75, 3.05) is 6.54 Å². The summed E-state index contributed by atoms with van der Waals surface area (Å²) in [4.78, 5) is 4.54. The van der Waals surface area contributed by atoms with Crippen LogP contribution in [0.25, 0.3) is 0 Å². The summed E-state index contributed by atoms with van der Waals surface area (Å²) >= 11 is 0. The summed E-state index contributed by atoms with van der Waals surface area (Å²) in [6.07, 6.45) is 3.36. The molecule has 0 unspecified atom stereocenters. The van der Waals surface area contributed by atoms with Crippen molar-refractivity contribution in [3.8, 4) is 0 Å². The molecule has 7 heteroatoms. The first-order chi connectivity index (χ1) is 12.2. The van der Waals surface area contributed by atoms with E-state index >= 15 is 0 Å². The second kappa shape index (κ2) is 8.09. The first kappa shape index (κ1) is 17.4. The number of nitrogens with zero attached hydrogens (tertiary/aromatic N) is 4. The van der Waals surface area contributed by atoms with Crippen molar-refractivity contribution in [2.24, 2.45) is 4.99 Å². The van der Waals surface area contributed by atoms with Crippen LogP contribution in [0.2, 0.25) is 0 Å². The van der Waals surface area contributed by atoms with Gasteiger partial charge in [-0.3, -0.25) is 0 Å². The minimum atomic E-state index is -0.194. The first-order valence-electron chi connectivity index (χ1n) is 8.85. The van der Waals surface area contributed by atoms with Gasteiger partial charge < -0.3 is 15.2 Å². The van der Waals surface area contributed by atoms with E-state index in [2.05, 4.69) is 30.4 Å². The average molecular weight is 344 g/mol. The molecule has 2 aromatic rings. The summed E-state index contributed by atoms with van der Waals surface area (Å²) in [6, 6.07) is 5.22. The summed E-state index contributed by atoms with van der Waals surface area (Å²) in [7, 11) is 0. The van der Waals surface area contributed by atoms with Gasteiger partial charge in [-0.05, 0) is 43.9 Å². The summed E-state index contributed by atoms with van der Waals surface area (Å²) in [5.41, 5.74) is 1.49.